The molecule has 0 aliphatic carbocycles. The third-order valence-electron chi connectivity index (χ3n) is 4.16. The van der Waals surface area contributed by atoms with Gasteiger partial charge in [0.25, 0.3) is 11.8 Å². The molecular formula is C23H20ClN3O2. The molecule has 0 atom stereocenters. The molecule has 2 amide bonds. The molecule has 1 heterocycles. The molecule has 3 aromatic rings. The van der Waals surface area contributed by atoms with E-state index >= 15 is 0 Å². The fraction of sp³-hybridized carbons (Fsp3) is 0.0870. The molecule has 0 saturated carbocycles. The Morgan fingerprint density at radius 2 is 1.76 bits per heavy atom. The van der Waals surface area contributed by atoms with E-state index in [1.165, 1.54) is 0 Å². The van der Waals surface area contributed by atoms with Crippen LogP contribution in [0.15, 0.2) is 78.8 Å². The molecule has 0 spiro atoms. The number of nitrogens with one attached hydrogen (secondary N) is 2. The Hall–Kier alpha value is -3.44. The van der Waals surface area contributed by atoms with Gasteiger partial charge in [0.1, 0.15) is 5.70 Å². The van der Waals surface area contributed by atoms with E-state index in [2.05, 4.69) is 15.6 Å². The van der Waals surface area contributed by atoms with Crippen molar-refractivity contribution in [2.75, 3.05) is 0 Å². The van der Waals surface area contributed by atoms with Gasteiger partial charge in [-0.3, -0.25) is 14.6 Å². The minimum Gasteiger partial charge on any atom is -0.347 e. The van der Waals surface area contributed by atoms with Gasteiger partial charge >= 0.3 is 0 Å². The van der Waals surface area contributed by atoms with Crippen LogP contribution in [0.4, 0.5) is 0 Å². The smallest absolute Gasteiger partial charge is 0.268 e. The molecule has 2 N–H and O–H groups in total. The van der Waals surface area contributed by atoms with Crippen molar-refractivity contribution in [2.45, 2.75) is 13.5 Å². The first-order valence-electron chi connectivity index (χ1n) is 9.03. The second kappa shape index (κ2) is 9.66. The zero-order chi connectivity index (χ0) is 20.6. The van der Waals surface area contributed by atoms with Crippen LogP contribution in [0.2, 0.25) is 5.02 Å². The van der Waals surface area contributed by atoms with Gasteiger partial charge in [0.15, 0.2) is 0 Å². The molecule has 0 unspecified atom stereocenters. The van der Waals surface area contributed by atoms with Crippen LogP contribution < -0.4 is 10.6 Å². The average Bonchev–Trinajstić information content (AvgIpc) is 2.74. The van der Waals surface area contributed by atoms with Crippen LogP contribution in [-0.4, -0.2) is 16.8 Å². The summed E-state index contributed by atoms with van der Waals surface area (Å²) in [4.78, 5) is 29.4. The number of pyridine rings is 1. The lowest BCUT2D eigenvalue weighted by atomic mass is 10.1. The molecule has 146 valence electrons. The number of hydrogen-bond donors (Lipinski definition) is 2. The lowest BCUT2D eigenvalue weighted by molar-refractivity contribution is -0.117. The fourth-order valence-electron chi connectivity index (χ4n) is 2.56. The summed E-state index contributed by atoms with van der Waals surface area (Å²) in [6.45, 7) is 2.24. The first-order valence-corrected chi connectivity index (χ1v) is 9.41. The standard InChI is InChI=1S/C23H20ClN3O2/c1-16-4-8-19(9-5-16)22(28)27-21(13-17-6-10-20(24)11-7-17)23(29)26-15-18-3-2-12-25-14-18/h2-14H,15H2,1H3,(H,26,29)(H,27,28). The van der Waals surface area contributed by atoms with Crippen LogP contribution in [-0.2, 0) is 11.3 Å². The van der Waals surface area contributed by atoms with E-state index < -0.39 is 5.91 Å². The number of benzene rings is 2. The highest BCUT2D eigenvalue weighted by atomic mass is 35.5. The SMILES string of the molecule is Cc1ccc(C(=O)NC(=Cc2ccc(Cl)cc2)C(=O)NCc2cccnc2)cc1. The van der Waals surface area contributed by atoms with Gasteiger partial charge in [-0.15, -0.1) is 0 Å². The zero-order valence-electron chi connectivity index (χ0n) is 15.9. The summed E-state index contributed by atoms with van der Waals surface area (Å²) in [5.74, 6) is -0.758. The predicted molar refractivity (Wildman–Crippen MR) is 114 cm³/mol. The average molecular weight is 406 g/mol. The Balaban J connectivity index is 1.80. The van der Waals surface area contributed by atoms with E-state index in [0.29, 0.717) is 17.1 Å². The topological polar surface area (TPSA) is 71.1 Å². The highest BCUT2D eigenvalue weighted by molar-refractivity contribution is 6.30. The van der Waals surface area contributed by atoms with Gasteiger partial charge < -0.3 is 10.6 Å². The summed E-state index contributed by atoms with van der Waals surface area (Å²) in [6, 6.07) is 17.8. The molecule has 0 bridgehead atoms. The number of carbonyl (C=O) groups excluding carboxylic acids is 2. The molecule has 3 rings (SSSR count). The van der Waals surface area contributed by atoms with Gasteiger partial charge in [0.2, 0.25) is 0 Å². The molecular weight excluding hydrogens is 386 g/mol. The molecule has 6 heteroatoms. The molecule has 2 aromatic carbocycles. The van der Waals surface area contributed by atoms with Crippen LogP contribution in [0.5, 0.6) is 0 Å². The summed E-state index contributed by atoms with van der Waals surface area (Å²) in [5.41, 5.74) is 3.26. The van der Waals surface area contributed by atoms with Gasteiger partial charge in [-0.05, 0) is 54.5 Å². The third kappa shape index (κ3) is 6.02. The van der Waals surface area contributed by atoms with Crippen molar-refractivity contribution in [3.8, 4) is 0 Å². The molecule has 1 aromatic heterocycles. The Labute approximate surface area is 174 Å². The van der Waals surface area contributed by atoms with Crippen molar-refractivity contribution >= 4 is 29.5 Å². The molecule has 0 aliphatic heterocycles. The van der Waals surface area contributed by atoms with E-state index in [-0.39, 0.29) is 11.6 Å². The van der Waals surface area contributed by atoms with E-state index in [9.17, 15) is 9.59 Å². The van der Waals surface area contributed by atoms with E-state index in [4.69, 9.17) is 11.6 Å². The van der Waals surface area contributed by atoms with Crippen LogP contribution in [0.3, 0.4) is 0 Å². The quantitative estimate of drug-likeness (QED) is 0.606. The maximum atomic E-state index is 12.8. The summed E-state index contributed by atoms with van der Waals surface area (Å²) in [5, 5.41) is 6.11. The monoisotopic (exact) mass is 405 g/mol. The van der Waals surface area contributed by atoms with Crippen molar-refractivity contribution in [3.05, 3.63) is 106 Å². The van der Waals surface area contributed by atoms with E-state index in [1.54, 1.807) is 60.9 Å². The van der Waals surface area contributed by atoms with Gasteiger partial charge in [-0.1, -0.05) is 47.5 Å². The molecule has 0 fully saturated rings. The van der Waals surface area contributed by atoms with Gasteiger partial charge in [-0.2, -0.15) is 0 Å². The molecule has 0 saturated heterocycles. The molecule has 0 radical (unpaired) electrons. The van der Waals surface area contributed by atoms with Gasteiger partial charge in [0, 0.05) is 29.5 Å². The molecule has 29 heavy (non-hydrogen) atoms. The van der Waals surface area contributed by atoms with Crippen LogP contribution >= 0.6 is 11.6 Å². The fourth-order valence-corrected chi connectivity index (χ4v) is 2.69. The van der Waals surface area contributed by atoms with Crippen molar-refractivity contribution in [3.63, 3.8) is 0 Å². The number of halogens is 1. The zero-order valence-corrected chi connectivity index (χ0v) is 16.6. The summed E-state index contributed by atoms with van der Waals surface area (Å²) < 4.78 is 0. The number of aryl methyl sites for hydroxylation is 1. The second-order valence-corrected chi connectivity index (χ2v) is 6.91. The van der Waals surface area contributed by atoms with Crippen molar-refractivity contribution in [1.82, 2.24) is 15.6 Å². The number of hydrogen-bond acceptors (Lipinski definition) is 3. The van der Waals surface area contributed by atoms with Crippen LogP contribution in [0.1, 0.15) is 27.0 Å². The Morgan fingerprint density at radius 3 is 2.41 bits per heavy atom. The number of amides is 2. The van der Waals surface area contributed by atoms with E-state index in [1.807, 2.05) is 25.1 Å². The van der Waals surface area contributed by atoms with Gasteiger partial charge in [-0.25, -0.2) is 0 Å². The highest BCUT2D eigenvalue weighted by Crippen LogP contribution is 2.13. The number of carbonyl (C=O) groups is 2. The largest absolute Gasteiger partial charge is 0.347 e. The maximum absolute atomic E-state index is 12.8. The van der Waals surface area contributed by atoms with Gasteiger partial charge in [0.05, 0.1) is 0 Å². The molecule has 5 nitrogen and oxygen atoms in total. The number of nitrogens with zero attached hydrogens (tertiary/aromatic N) is 1. The second-order valence-electron chi connectivity index (χ2n) is 6.47. The molecule has 0 aliphatic rings. The predicted octanol–water partition coefficient (Wildman–Crippen LogP) is 4.13. The lowest BCUT2D eigenvalue weighted by Gasteiger charge is -2.11. The first-order chi connectivity index (χ1) is 14.0. The van der Waals surface area contributed by atoms with Crippen LogP contribution in [0, 0.1) is 6.92 Å². The lowest BCUT2D eigenvalue weighted by Crippen LogP contribution is -2.34. The van der Waals surface area contributed by atoms with Crippen molar-refractivity contribution in [1.29, 1.82) is 0 Å². The summed E-state index contributed by atoms with van der Waals surface area (Å²) >= 11 is 5.93. The summed E-state index contributed by atoms with van der Waals surface area (Å²) in [6.07, 6.45) is 4.95. The minimum absolute atomic E-state index is 0.141. The van der Waals surface area contributed by atoms with E-state index in [0.717, 1.165) is 16.7 Å². The number of rotatable bonds is 6. The maximum Gasteiger partial charge on any atom is 0.268 e. The summed E-state index contributed by atoms with van der Waals surface area (Å²) in [7, 11) is 0. The third-order valence-corrected chi connectivity index (χ3v) is 4.42. The Bertz CT molecular complexity index is 1010. The Kier molecular flexibility index (Phi) is 6.76. The van der Waals surface area contributed by atoms with Crippen molar-refractivity contribution in [2.24, 2.45) is 0 Å². The highest BCUT2D eigenvalue weighted by Gasteiger charge is 2.14. The minimum atomic E-state index is -0.399. The Morgan fingerprint density at radius 1 is 1.03 bits per heavy atom. The normalized spacial score (nSPS) is 11.0. The number of aromatic nitrogens is 1. The van der Waals surface area contributed by atoms with Crippen LogP contribution in [0.25, 0.3) is 6.08 Å². The van der Waals surface area contributed by atoms with Crippen molar-refractivity contribution < 1.29 is 9.59 Å². The first kappa shape index (κ1) is 20.3.